The summed E-state index contributed by atoms with van der Waals surface area (Å²) in [6.07, 6.45) is 1.11. The Bertz CT molecular complexity index is 1250. The molecule has 0 spiro atoms. The number of carbonyl (C=O) groups is 2. The fourth-order valence-electron chi connectivity index (χ4n) is 4.30. The van der Waals surface area contributed by atoms with Crippen LogP contribution in [0.5, 0.6) is 0 Å². The van der Waals surface area contributed by atoms with E-state index in [2.05, 4.69) is 15.5 Å². The molecule has 34 heavy (non-hydrogen) atoms. The zero-order valence-corrected chi connectivity index (χ0v) is 18.7. The molecule has 2 unspecified atom stereocenters. The van der Waals surface area contributed by atoms with Crippen molar-refractivity contribution in [2.45, 2.75) is 24.5 Å². The van der Waals surface area contributed by atoms with E-state index >= 15 is 0 Å². The number of pyridine rings is 1. The molecule has 0 bridgehead atoms. The van der Waals surface area contributed by atoms with E-state index in [1.54, 1.807) is 19.2 Å². The molecule has 2 aliphatic rings. The van der Waals surface area contributed by atoms with Crippen molar-refractivity contribution >= 4 is 17.5 Å². The van der Waals surface area contributed by atoms with Crippen LogP contribution in [0.1, 0.15) is 29.1 Å². The summed E-state index contributed by atoms with van der Waals surface area (Å²) in [5.74, 6) is -0.921. The number of benzene rings is 1. The summed E-state index contributed by atoms with van der Waals surface area (Å²) in [4.78, 5) is 30.2. The van der Waals surface area contributed by atoms with Crippen LogP contribution in [-0.4, -0.2) is 64.8 Å². The van der Waals surface area contributed by atoms with Crippen molar-refractivity contribution in [3.05, 3.63) is 53.9 Å². The molecule has 2 aliphatic heterocycles. The first-order chi connectivity index (χ1) is 16.3. The average Bonchev–Trinajstić information content (AvgIpc) is 3.59. The van der Waals surface area contributed by atoms with Crippen molar-refractivity contribution in [1.82, 2.24) is 15.0 Å². The van der Waals surface area contributed by atoms with Crippen molar-refractivity contribution < 1.29 is 24.0 Å². The van der Waals surface area contributed by atoms with Crippen LogP contribution in [0.3, 0.4) is 0 Å². The molecule has 2 saturated heterocycles. The lowest BCUT2D eigenvalue weighted by molar-refractivity contribution is -0.144. The van der Waals surface area contributed by atoms with Crippen LogP contribution in [0.4, 0.5) is 5.69 Å². The minimum absolute atomic E-state index is 0.112. The summed E-state index contributed by atoms with van der Waals surface area (Å²) >= 11 is 0. The van der Waals surface area contributed by atoms with Crippen molar-refractivity contribution in [2.24, 2.45) is 5.73 Å². The highest BCUT2D eigenvalue weighted by Crippen LogP contribution is 2.35. The highest BCUT2D eigenvalue weighted by molar-refractivity contribution is 5.92. The van der Waals surface area contributed by atoms with Gasteiger partial charge in [-0.2, -0.15) is 0 Å². The molecule has 10 nitrogen and oxygen atoms in total. The van der Waals surface area contributed by atoms with Crippen LogP contribution in [0.25, 0.3) is 22.5 Å². The van der Waals surface area contributed by atoms with E-state index in [4.69, 9.17) is 15.0 Å². The molecule has 10 heteroatoms. The number of aliphatic hydroxyl groups is 1. The second-order valence-electron chi connectivity index (χ2n) is 8.69. The van der Waals surface area contributed by atoms with Gasteiger partial charge in [-0.1, -0.05) is 23.4 Å². The van der Waals surface area contributed by atoms with Gasteiger partial charge in [0.2, 0.25) is 5.60 Å². The Kier molecular flexibility index (Phi) is 5.54. The minimum atomic E-state index is -1.71. The topological polar surface area (TPSA) is 144 Å². The number of nitrogens with two attached hydrogens (primary N) is 1. The molecule has 1 aromatic carbocycles. The van der Waals surface area contributed by atoms with Crippen molar-refractivity contribution in [3.8, 4) is 22.5 Å². The van der Waals surface area contributed by atoms with Crippen LogP contribution in [0, 0.1) is 0 Å². The molecule has 4 N–H and O–H groups in total. The maximum atomic E-state index is 12.4. The standard InChI is InChI=1S/C24H25N5O5/c1-29-7-6-24(32,23(29)31)21-12-19(28-34-21)15-4-2-3-14(9-15)18-10-17(11-20(27-18)22(25)30)26-16-5-8-33-13-16/h2-4,9-12,16,32H,5-8,13H2,1H3,(H2,25,30)(H,26,27). The van der Waals surface area contributed by atoms with Gasteiger partial charge in [-0.05, 0) is 24.6 Å². The van der Waals surface area contributed by atoms with Gasteiger partial charge >= 0.3 is 0 Å². The molecule has 5 rings (SSSR count). The smallest absolute Gasteiger partial charge is 0.267 e. The van der Waals surface area contributed by atoms with Gasteiger partial charge in [0.1, 0.15) is 11.4 Å². The predicted octanol–water partition coefficient (Wildman–Crippen LogP) is 1.75. The zero-order valence-electron chi connectivity index (χ0n) is 18.7. The van der Waals surface area contributed by atoms with Crippen LogP contribution in [-0.2, 0) is 15.1 Å². The molecule has 0 saturated carbocycles. The largest absolute Gasteiger partial charge is 0.380 e. The van der Waals surface area contributed by atoms with Gasteiger partial charge in [0.05, 0.1) is 18.3 Å². The molecule has 3 aromatic rings. The van der Waals surface area contributed by atoms with Gasteiger partial charge in [-0.25, -0.2) is 4.98 Å². The lowest BCUT2D eigenvalue weighted by atomic mass is 9.97. The minimum Gasteiger partial charge on any atom is -0.380 e. The summed E-state index contributed by atoms with van der Waals surface area (Å²) in [7, 11) is 1.64. The molecule has 0 radical (unpaired) electrons. The lowest BCUT2D eigenvalue weighted by Gasteiger charge is -2.16. The van der Waals surface area contributed by atoms with E-state index in [0.29, 0.717) is 36.7 Å². The van der Waals surface area contributed by atoms with Crippen molar-refractivity contribution in [2.75, 3.05) is 32.1 Å². The zero-order chi connectivity index (χ0) is 23.9. The molecule has 2 aromatic heterocycles. The third-order valence-electron chi connectivity index (χ3n) is 6.26. The summed E-state index contributed by atoms with van der Waals surface area (Å²) in [5, 5.41) is 18.3. The Morgan fingerprint density at radius 3 is 2.71 bits per heavy atom. The number of anilines is 1. The van der Waals surface area contributed by atoms with E-state index in [0.717, 1.165) is 17.7 Å². The molecule has 4 heterocycles. The van der Waals surface area contributed by atoms with Crippen LogP contribution in [0.15, 0.2) is 47.0 Å². The quantitative estimate of drug-likeness (QED) is 0.502. The number of hydrogen-bond donors (Lipinski definition) is 3. The Hall–Kier alpha value is -3.76. The number of nitrogens with one attached hydrogen (secondary N) is 1. The van der Waals surface area contributed by atoms with E-state index in [-0.39, 0.29) is 23.9 Å². The molecule has 2 amide bonds. The molecule has 2 fully saturated rings. The van der Waals surface area contributed by atoms with Crippen LogP contribution >= 0.6 is 0 Å². The number of carbonyl (C=O) groups excluding carboxylic acids is 2. The van der Waals surface area contributed by atoms with E-state index in [1.807, 2.05) is 30.3 Å². The first-order valence-electron chi connectivity index (χ1n) is 11.1. The fraction of sp³-hybridized carbons (Fsp3) is 0.333. The highest BCUT2D eigenvalue weighted by Gasteiger charge is 2.48. The maximum Gasteiger partial charge on any atom is 0.267 e. The second-order valence-corrected chi connectivity index (χ2v) is 8.69. The van der Waals surface area contributed by atoms with Gasteiger partial charge in [-0.3, -0.25) is 9.59 Å². The summed E-state index contributed by atoms with van der Waals surface area (Å²) in [5.41, 5.74) is 7.18. The summed E-state index contributed by atoms with van der Waals surface area (Å²) in [6.45, 7) is 1.72. The number of nitrogens with zero attached hydrogens (tertiary/aromatic N) is 3. The number of amides is 2. The van der Waals surface area contributed by atoms with E-state index in [9.17, 15) is 14.7 Å². The fourth-order valence-corrected chi connectivity index (χ4v) is 4.30. The lowest BCUT2D eigenvalue weighted by Crippen LogP contribution is -2.35. The molecular weight excluding hydrogens is 438 g/mol. The van der Waals surface area contributed by atoms with E-state index < -0.39 is 17.4 Å². The number of hydrogen-bond acceptors (Lipinski definition) is 8. The summed E-state index contributed by atoms with van der Waals surface area (Å²) in [6, 6.07) is 12.6. The Labute approximate surface area is 195 Å². The van der Waals surface area contributed by atoms with Crippen LogP contribution in [0.2, 0.25) is 0 Å². The maximum absolute atomic E-state index is 12.4. The first kappa shape index (κ1) is 22.1. The average molecular weight is 463 g/mol. The highest BCUT2D eigenvalue weighted by atomic mass is 16.5. The SMILES string of the molecule is CN1CCC(O)(c2cc(-c3cccc(-c4cc(NC5CCOC5)cc(C(N)=O)n4)c3)no2)C1=O. The van der Waals surface area contributed by atoms with Gasteiger partial charge in [0, 0.05) is 49.5 Å². The van der Waals surface area contributed by atoms with Gasteiger partial charge in [0.15, 0.2) is 5.76 Å². The summed E-state index contributed by atoms with van der Waals surface area (Å²) < 4.78 is 10.8. The van der Waals surface area contributed by atoms with E-state index in [1.165, 1.54) is 4.90 Å². The molecule has 176 valence electrons. The Morgan fingerprint density at radius 2 is 2.03 bits per heavy atom. The number of rotatable bonds is 6. The van der Waals surface area contributed by atoms with Gasteiger partial charge < -0.3 is 30.3 Å². The Morgan fingerprint density at radius 1 is 1.24 bits per heavy atom. The molecule has 0 aliphatic carbocycles. The number of likely N-dealkylation sites (N-methyl/N-ethyl adjacent to an activating group) is 1. The number of ether oxygens (including phenoxy) is 1. The first-order valence-corrected chi connectivity index (χ1v) is 11.1. The number of primary amides is 1. The number of aromatic nitrogens is 2. The monoisotopic (exact) mass is 463 g/mol. The normalized spacial score (nSPS) is 22.4. The number of likely N-dealkylation sites (tertiary alicyclic amines) is 1. The van der Waals surface area contributed by atoms with Crippen LogP contribution < -0.4 is 11.1 Å². The third-order valence-corrected chi connectivity index (χ3v) is 6.26. The third kappa shape index (κ3) is 4.02. The van der Waals surface area contributed by atoms with Crippen molar-refractivity contribution in [3.63, 3.8) is 0 Å². The molecule has 2 atom stereocenters. The van der Waals surface area contributed by atoms with Crippen molar-refractivity contribution in [1.29, 1.82) is 0 Å². The predicted molar refractivity (Wildman–Crippen MR) is 123 cm³/mol. The molecular formula is C24H25N5O5. The van der Waals surface area contributed by atoms with Gasteiger partial charge in [0.25, 0.3) is 11.8 Å². The second kappa shape index (κ2) is 8.54. The Balaban J connectivity index is 1.47. The van der Waals surface area contributed by atoms with Gasteiger partial charge in [-0.15, -0.1) is 0 Å².